The van der Waals surface area contributed by atoms with E-state index in [4.69, 9.17) is 14.9 Å². The minimum atomic E-state index is 0.491. The number of hydrogen-bond donors (Lipinski definition) is 1. The van der Waals surface area contributed by atoms with E-state index in [-0.39, 0.29) is 0 Å². The van der Waals surface area contributed by atoms with Gasteiger partial charge in [0.15, 0.2) is 0 Å². The molecular formula is C19H19NO2. The molecular weight excluding hydrogens is 274 g/mol. The maximum absolute atomic E-state index is 5.80. The lowest BCUT2D eigenvalue weighted by Crippen LogP contribution is -1.98. The lowest BCUT2D eigenvalue weighted by Gasteiger charge is -2.09. The fraction of sp³-hybridized carbons (Fsp3) is 0.158. The first-order valence-corrected chi connectivity index (χ1v) is 7.34. The number of rotatable bonds is 6. The van der Waals surface area contributed by atoms with Crippen molar-refractivity contribution >= 4 is 0 Å². The summed E-state index contributed by atoms with van der Waals surface area (Å²) in [4.78, 5) is 0. The van der Waals surface area contributed by atoms with Gasteiger partial charge in [-0.2, -0.15) is 0 Å². The van der Waals surface area contributed by atoms with E-state index in [2.05, 4.69) is 36.4 Å². The first-order chi connectivity index (χ1) is 10.9. The average Bonchev–Trinajstić information content (AvgIpc) is 3.09. The normalized spacial score (nSPS) is 10.8. The van der Waals surface area contributed by atoms with Crippen molar-refractivity contribution in [3.8, 4) is 11.1 Å². The Labute approximate surface area is 130 Å². The maximum Gasteiger partial charge on any atom is 0.129 e. The van der Waals surface area contributed by atoms with Crippen LogP contribution in [0.2, 0.25) is 0 Å². The molecule has 0 saturated carbocycles. The molecule has 3 nitrogen and oxygen atoms in total. The third kappa shape index (κ3) is 3.45. The summed E-state index contributed by atoms with van der Waals surface area (Å²) in [5.41, 5.74) is 10.5. The predicted molar refractivity (Wildman–Crippen MR) is 87.0 cm³/mol. The first kappa shape index (κ1) is 14.6. The molecule has 22 heavy (non-hydrogen) atoms. The molecule has 0 aliphatic carbocycles. The van der Waals surface area contributed by atoms with E-state index >= 15 is 0 Å². The molecule has 1 heterocycles. The summed E-state index contributed by atoms with van der Waals surface area (Å²) in [6.45, 7) is 1.61. The lowest BCUT2D eigenvalue weighted by molar-refractivity contribution is 0.0929. The van der Waals surface area contributed by atoms with E-state index in [0.29, 0.717) is 19.8 Å². The highest BCUT2D eigenvalue weighted by molar-refractivity contribution is 5.67. The lowest BCUT2D eigenvalue weighted by atomic mass is 9.99. The second-order valence-electron chi connectivity index (χ2n) is 5.13. The number of ether oxygens (including phenoxy) is 1. The van der Waals surface area contributed by atoms with Gasteiger partial charge in [-0.1, -0.05) is 48.5 Å². The zero-order chi connectivity index (χ0) is 15.2. The van der Waals surface area contributed by atoms with Crippen LogP contribution in [0.1, 0.15) is 16.9 Å². The van der Waals surface area contributed by atoms with Crippen molar-refractivity contribution < 1.29 is 9.15 Å². The van der Waals surface area contributed by atoms with Gasteiger partial charge in [0.1, 0.15) is 12.4 Å². The number of hydrogen-bond acceptors (Lipinski definition) is 3. The number of furan rings is 1. The highest BCUT2D eigenvalue weighted by Gasteiger charge is 2.03. The number of nitrogens with two attached hydrogens (primary N) is 1. The van der Waals surface area contributed by atoms with Crippen LogP contribution in [0.25, 0.3) is 11.1 Å². The summed E-state index contributed by atoms with van der Waals surface area (Å²) in [7, 11) is 0. The summed E-state index contributed by atoms with van der Waals surface area (Å²) in [5.74, 6) is 0.841. The van der Waals surface area contributed by atoms with E-state index in [1.54, 1.807) is 6.26 Å². The van der Waals surface area contributed by atoms with Crippen molar-refractivity contribution in [3.63, 3.8) is 0 Å². The molecule has 0 saturated heterocycles. The predicted octanol–water partition coefficient (Wildman–Crippen LogP) is 4.12. The summed E-state index contributed by atoms with van der Waals surface area (Å²) >= 11 is 0. The van der Waals surface area contributed by atoms with Gasteiger partial charge in [0.2, 0.25) is 0 Å². The van der Waals surface area contributed by atoms with Crippen LogP contribution in [-0.2, 0) is 24.5 Å². The molecule has 0 aliphatic heterocycles. The molecule has 0 bridgehead atoms. The second kappa shape index (κ2) is 7.07. The molecule has 0 aliphatic rings. The van der Waals surface area contributed by atoms with E-state index in [0.717, 1.165) is 16.9 Å². The van der Waals surface area contributed by atoms with Crippen LogP contribution >= 0.6 is 0 Å². The Morgan fingerprint density at radius 1 is 0.864 bits per heavy atom. The SMILES string of the molecule is NCc1ccccc1-c1ccc(COCc2ccco2)cc1. The zero-order valence-electron chi connectivity index (χ0n) is 12.4. The molecule has 0 radical (unpaired) electrons. The molecule has 3 rings (SSSR count). The van der Waals surface area contributed by atoms with Crippen molar-refractivity contribution in [1.82, 2.24) is 0 Å². The molecule has 2 aromatic carbocycles. The van der Waals surface area contributed by atoms with Crippen molar-refractivity contribution in [1.29, 1.82) is 0 Å². The average molecular weight is 293 g/mol. The molecule has 3 aromatic rings. The van der Waals surface area contributed by atoms with Gasteiger partial charge in [-0.3, -0.25) is 0 Å². The Balaban J connectivity index is 1.65. The van der Waals surface area contributed by atoms with E-state index in [1.807, 2.05) is 24.3 Å². The minimum Gasteiger partial charge on any atom is -0.467 e. The Hall–Kier alpha value is -2.36. The molecule has 0 unspecified atom stereocenters. The van der Waals surface area contributed by atoms with Gasteiger partial charge in [0.05, 0.1) is 12.9 Å². The van der Waals surface area contributed by atoms with Crippen LogP contribution in [0, 0.1) is 0 Å². The monoisotopic (exact) mass is 293 g/mol. The Bertz CT molecular complexity index is 703. The Morgan fingerprint density at radius 3 is 2.41 bits per heavy atom. The molecule has 0 fully saturated rings. The quantitative estimate of drug-likeness (QED) is 0.743. The molecule has 0 amide bonds. The molecule has 0 atom stereocenters. The van der Waals surface area contributed by atoms with Crippen LogP contribution in [0.5, 0.6) is 0 Å². The van der Waals surface area contributed by atoms with Crippen molar-refractivity contribution in [2.75, 3.05) is 0 Å². The summed E-state index contributed by atoms with van der Waals surface area (Å²) in [5, 5.41) is 0. The van der Waals surface area contributed by atoms with Crippen molar-refractivity contribution in [2.45, 2.75) is 19.8 Å². The van der Waals surface area contributed by atoms with Crippen LogP contribution < -0.4 is 5.73 Å². The first-order valence-electron chi connectivity index (χ1n) is 7.34. The summed E-state index contributed by atoms with van der Waals surface area (Å²) in [6, 6.07) is 20.4. The largest absolute Gasteiger partial charge is 0.467 e. The van der Waals surface area contributed by atoms with Crippen LogP contribution in [-0.4, -0.2) is 0 Å². The molecule has 2 N–H and O–H groups in total. The smallest absolute Gasteiger partial charge is 0.129 e. The van der Waals surface area contributed by atoms with Crippen LogP contribution in [0.3, 0.4) is 0 Å². The Kier molecular flexibility index (Phi) is 4.68. The van der Waals surface area contributed by atoms with E-state index < -0.39 is 0 Å². The van der Waals surface area contributed by atoms with E-state index in [1.165, 1.54) is 11.1 Å². The third-order valence-corrected chi connectivity index (χ3v) is 3.60. The van der Waals surface area contributed by atoms with Gasteiger partial charge in [0.25, 0.3) is 0 Å². The van der Waals surface area contributed by atoms with Gasteiger partial charge in [-0.05, 0) is 34.4 Å². The van der Waals surface area contributed by atoms with Gasteiger partial charge in [-0.15, -0.1) is 0 Å². The Morgan fingerprint density at radius 2 is 1.68 bits per heavy atom. The van der Waals surface area contributed by atoms with Crippen molar-refractivity contribution in [2.24, 2.45) is 5.73 Å². The van der Waals surface area contributed by atoms with Gasteiger partial charge in [-0.25, -0.2) is 0 Å². The third-order valence-electron chi connectivity index (χ3n) is 3.60. The van der Waals surface area contributed by atoms with Gasteiger partial charge >= 0.3 is 0 Å². The summed E-state index contributed by atoms with van der Waals surface area (Å²) < 4.78 is 10.9. The van der Waals surface area contributed by atoms with E-state index in [9.17, 15) is 0 Å². The van der Waals surface area contributed by atoms with Crippen molar-refractivity contribution in [3.05, 3.63) is 83.8 Å². The molecule has 0 spiro atoms. The highest BCUT2D eigenvalue weighted by Crippen LogP contribution is 2.24. The fourth-order valence-corrected chi connectivity index (χ4v) is 2.42. The standard InChI is InChI=1S/C19H19NO2/c20-12-17-4-1-2-6-19(17)16-9-7-15(8-10-16)13-21-14-18-5-3-11-22-18/h1-11H,12-14,20H2. The fourth-order valence-electron chi connectivity index (χ4n) is 2.42. The van der Waals surface area contributed by atoms with Crippen LogP contribution in [0.15, 0.2) is 71.3 Å². The zero-order valence-corrected chi connectivity index (χ0v) is 12.4. The number of benzene rings is 2. The maximum atomic E-state index is 5.80. The molecule has 112 valence electrons. The molecule has 3 heteroatoms. The van der Waals surface area contributed by atoms with Gasteiger partial charge in [0, 0.05) is 6.54 Å². The topological polar surface area (TPSA) is 48.4 Å². The molecule has 1 aromatic heterocycles. The summed E-state index contributed by atoms with van der Waals surface area (Å²) in [6.07, 6.45) is 1.66. The second-order valence-corrected chi connectivity index (χ2v) is 5.13. The minimum absolute atomic E-state index is 0.491. The van der Waals surface area contributed by atoms with Gasteiger partial charge < -0.3 is 14.9 Å². The highest BCUT2D eigenvalue weighted by atomic mass is 16.5. The van der Waals surface area contributed by atoms with Crippen LogP contribution in [0.4, 0.5) is 0 Å².